The molecule has 1 amide bonds. The number of carbonyl (C=O) groups is 1. The molecule has 2 rings (SSSR count). The quantitative estimate of drug-likeness (QED) is 0.342. The van der Waals surface area contributed by atoms with Gasteiger partial charge < -0.3 is 4.57 Å². The molecule has 0 unspecified atom stereocenters. The van der Waals surface area contributed by atoms with Crippen molar-refractivity contribution in [3.8, 4) is 0 Å². The number of hydrogen-bond acceptors (Lipinski definition) is 1. The molecule has 0 aliphatic carbocycles. The van der Waals surface area contributed by atoms with Crippen LogP contribution >= 0.6 is 0 Å². The number of rotatable bonds is 3. The number of amides is 1. The maximum Gasteiger partial charge on any atom is 0.265 e. The van der Waals surface area contributed by atoms with E-state index in [4.69, 9.17) is 5.53 Å². The Bertz CT molecular complexity index is 635. The van der Waals surface area contributed by atoms with E-state index < -0.39 is 5.91 Å². The summed E-state index contributed by atoms with van der Waals surface area (Å²) in [6.07, 6.45) is 1.69. The molecule has 0 radical (unpaired) electrons. The molecule has 17 heavy (non-hydrogen) atoms. The van der Waals surface area contributed by atoms with Crippen molar-refractivity contribution >= 4 is 16.8 Å². The zero-order valence-corrected chi connectivity index (χ0v) is 9.08. The van der Waals surface area contributed by atoms with Crippen LogP contribution in [0.1, 0.15) is 10.5 Å². The molecule has 0 saturated carbocycles. The van der Waals surface area contributed by atoms with Gasteiger partial charge in [-0.25, -0.2) is 0 Å². The fraction of sp³-hybridized carbons (Fsp3) is 0.0833. The molecule has 0 spiro atoms. The highest BCUT2D eigenvalue weighted by Crippen LogP contribution is 2.20. The third-order valence-corrected chi connectivity index (χ3v) is 2.48. The molecule has 0 fully saturated rings. The van der Waals surface area contributed by atoms with E-state index in [1.165, 1.54) is 0 Å². The number of para-hydroxylation sites is 1. The minimum Gasteiger partial charge on any atom is -0.334 e. The molecule has 0 aliphatic rings. The summed E-state index contributed by atoms with van der Waals surface area (Å²) in [5, 5.41) is 4.06. The first-order chi connectivity index (χ1) is 8.27. The lowest BCUT2D eigenvalue weighted by molar-refractivity contribution is 0.0992. The van der Waals surface area contributed by atoms with E-state index in [0.29, 0.717) is 12.2 Å². The summed E-state index contributed by atoms with van der Waals surface area (Å²) in [6, 6.07) is 9.31. The van der Waals surface area contributed by atoms with Gasteiger partial charge in [-0.2, -0.15) is 0 Å². The Morgan fingerprint density at radius 1 is 1.53 bits per heavy atom. The highest BCUT2D eigenvalue weighted by molar-refractivity contribution is 5.99. The molecule has 0 aliphatic heterocycles. The number of nitrogens with zero attached hydrogens (tertiary/aromatic N) is 4. The average molecular weight is 226 g/mol. The summed E-state index contributed by atoms with van der Waals surface area (Å²) >= 11 is 0. The fourth-order valence-electron chi connectivity index (χ4n) is 1.81. The molecule has 5 heteroatoms. The number of carbonyl (C=O) groups excluding carboxylic acids is 1. The molecule has 1 aromatic carbocycles. The third-order valence-electron chi connectivity index (χ3n) is 2.48. The van der Waals surface area contributed by atoms with Crippen LogP contribution in [-0.2, 0) is 6.54 Å². The Hall–Kier alpha value is -2.52. The van der Waals surface area contributed by atoms with Gasteiger partial charge in [-0.05, 0) is 22.8 Å². The molecule has 84 valence electrons. The van der Waals surface area contributed by atoms with Crippen molar-refractivity contribution in [1.29, 1.82) is 0 Å². The van der Waals surface area contributed by atoms with Crippen molar-refractivity contribution in [3.05, 3.63) is 59.1 Å². The molecule has 1 aromatic heterocycles. The molecule has 0 saturated heterocycles. The summed E-state index contributed by atoms with van der Waals surface area (Å²) in [4.78, 5) is 14.2. The Kier molecular flexibility index (Phi) is 2.94. The molecule has 1 heterocycles. The Balaban J connectivity index is 2.68. The molecule has 0 bridgehead atoms. The topological polar surface area (TPSA) is 70.8 Å². The molecular weight excluding hydrogens is 216 g/mol. The Labute approximate surface area is 97.6 Å². The van der Waals surface area contributed by atoms with Gasteiger partial charge in [0, 0.05) is 22.4 Å². The second-order valence-corrected chi connectivity index (χ2v) is 3.48. The second kappa shape index (κ2) is 4.55. The minimum atomic E-state index is -0.578. The van der Waals surface area contributed by atoms with Crippen LogP contribution < -0.4 is 0 Å². The van der Waals surface area contributed by atoms with Crippen molar-refractivity contribution in [3.63, 3.8) is 0 Å². The highest BCUT2D eigenvalue weighted by atomic mass is 16.1. The van der Waals surface area contributed by atoms with Gasteiger partial charge in [0.15, 0.2) is 0 Å². The van der Waals surface area contributed by atoms with Gasteiger partial charge in [-0.15, -0.1) is 6.58 Å². The van der Waals surface area contributed by atoms with Crippen molar-refractivity contribution in [1.82, 2.24) is 4.57 Å². The van der Waals surface area contributed by atoms with Crippen LogP contribution in [0.3, 0.4) is 0 Å². The van der Waals surface area contributed by atoms with Crippen LogP contribution in [0.5, 0.6) is 0 Å². The predicted octanol–water partition coefficient (Wildman–Crippen LogP) is 3.28. The number of aromatic nitrogens is 1. The van der Waals surface area contributed by atoms with Gasteiger partial charge in [-0.1, -0.05) is 24.3 Å². The number of fused-ring (bicyclic) bond motifs is 1. The van der Waals surface area contributed by atoms with Crippen LogP contribution in [0, 0.1) is 0 Å². The van der Waals surface area contributed by atoms with Crippen LogP contribution in [0.2, 0.25) is 0 Å². The summed E-state index contributed by atoms with van der Waals surface area (Å²) in [5.74, 6) is -0.578. The van der Waals surface area contributed by atoms with E-state index in [1.54, 1.807) is 16.7 Å². The van der Waals surface area contributed by atoms with Crippen molar-refractivity contribution in [2.24, 2.45) is 5.11 Å². The van der Waals surface area contributed by atoms with Crippen LogP contribution in [0.4, 0.5) is 0 Å². The van der Waals surface area contributed by atoms with Crippen LogP contribution in [-0.4, -0.2) is 10.5 Å². The van der Waals surface area contributed by atoms with E-state index in [1.807, 2.05) is 24.3 Å². The maximum absolute atomic E-state index is 11.6. The first kappa shape index (κ1) is 11.0. The smallest absolute Gasteiger partial charge is 0.265 e. The maximum atomic E-state index is 11.6. The van der Waals surface area contributed by atoms with E-state index in [9.17, 15) is 4.79 Å². The van der Waals surface area contributed by atoms with Crippen LogP contribution in [0.25, 0.3) is 21.3 Å². The normalized spacial score (nSPS) is 9.88. The molecule has 2 aromatic rings. The number of hydrogen-bond donors (Lipinski definition) is 0. The van der Waals surface area contributed by atoms with E-state index in [-0.39, 0.29) is 0 Å². The SMILES string of the molecule is C=CCn1c(C(=O)N=[N+]=[N-])cc2ccccc21. The summed E-state index contributed by atoms with van der Waals surface area (Å²) < 4.78 is 1.78. The van der Waals surface area contributed by atoms with Gasteiger partial charge >= 0.3 is 0 Å². The van der Waals surface area contributed by atoms with Crippen molar-refractivity contribution < 1.29 is 4.79 Å². The molecule has 0 N–H and O–H groups in total. The lowest BCUT2D eigenvalue weighted by atomic mass is 10.2. The van der Waals surface area contributed by atoms with Gasteiger partial charge in [-0.3, -0.25) is 4.79 Å². The first-order valence-electron chi connectivity index (χ1n) is 5.06. The Morgan fingerprint density at radius 2 is 2.29 bits per heavy atom. The van der Waals surface area contributed by atoms with Gasteiger partial charge in [0.25, 0.3) is 5.91 Å². The highest BCUT2D eigenvalue weighted by Gasteiger charge is 2.12. The average Bonchev–Trinajstić information content (AvgIpc) is 2.70. The Morgan fingerprint density at radius 3 is 3.00 bits per heavy atom. The minimum absolute atomic E-state index is 0.379. The fourth-order valence-corrected chi connectivity index (χ4v) is 1.81. The van der Waals surface area contributed by atoms with E-state index >= 15 is 0 Å². The molecule has 5 nitrogen and oxygen atoms in total. The zero-order chi connectivity index (χ0) is 12.3. The number of allylic oxidation sites excluding steroid dienone is 1. The summed E-state index contributed by atoms with van der Waals surface area (Å²) in [5.41, 5.74) is 9.60. The lowest BCUT2D eigenvalue weighted by Crippen LogP contribution is -2.05. The standard InChI is InChI=1S/C12H10N4O/c1-2-7-16-10-6-4-3-5-9(10)8-11(16)12(17)14-15-13/h2-6,8H,1,7H2. The monoisotopic (exact) mass is 226 g/mol. The number of benzene rings is 1. The second-order valence-electron chi connectivity index (χ2n) is 3.48. The number of azide groups is 1. The summed E-state index contributed by atoms with van der Waals surface area (Å²) in [7, 11) is 0. The predicted molar refractivity (Wildman–Crippen MR) is 65.6 cm³/mol. The van der Waals surface area contributed by atoms with E-state index in [0.717, 1.165) is 10.9 Å². The van der Waals surface area contributed by atoms with Crippen molar-refractivity contribution in [2.45, 2.75) is 6.54 Å². The van der Waals surface area contributed by atoms with Crippen LogP contribution in [0.15, 0.2) is 48.1 Å². The van der Waals surface area contributed by atoms with Gasteiger partial charge in [0.1, 0.15) is 0 Å². The molecular formula is C12H10N4O. The van der Waals surface area contributed by atoms with E-state index in [2.05, 4.69) is 16.6 Å². The lowest BCUT2D eigenvalue weighted by Gasteiger charge is -2.04. The molecule has 0 atom stereocenters. The summed E-state index contributed by atoms with van der Waals surface area (Å²) in [6.45, 7) is 4.15. The third kappa shape index (κ3) is 1.91. The van der Waals surface area contributed by atoms with Crippen molar-refractivity contribution in [2.75, 3.05) is 0 Å². The van der Waals surface area contributed by atoms with Gasteiger partial charge in [0.2, 0.25) is 0 Å². The largest absolute Gasteiger partial charge is 0.334 e. The zero-order valence-electron chi connectivity index (χ0n) is 9.08. The van der Waals surface area contributed by atoms with Gasteiger partial charge in [0.05, 0.1) is 5.69 Å². The first-order valence-corrected chi connectivity index (χ1v) is 5.06.